The maximum atomic E-state index is 13.0. The Morgan fingerprint density at radius 2 is 1.62 bits per heavy atom. The predicted molar refractivity (Wildman–Crippen MR) is 98.7 cm³/mol. The predicted octanol–water partition coefficient (Wildman–Crippen LogP) is 1.11. The summed E-state index contributed by atoms with van der Waals surface area (Å²) in [6, 6.07) is 3.77. The molecular weight excluding hydrogens is 356 g/mol. The van der Waals surface area contributed by atoms with E-state index >= 15 is 0 Å². The van der Waals surface area contributed by atoms with Crippen LogP contribution in [0, 0.1) is 20.8 Å². The normalized spacial score (nSPS) is 16.1. The molecule has 1 heterocycles. The van der Waals surface area contributed by atoms with Crippen molar-refractivity contribution in [2.24, 2.45) is 0 Å². The Hall–Kier alpha value is -1.48. The molecule has 1 fully saturated rings. The number of hydrogen-bond donors (Lipinski definition) is 0. The lowest BCUT2D eigenvalue weighted by atomic mass is 10.1. The van der Waals surface area contributed by atoms with Gasteiger partial charge in [-0.25, -0.2) is 8.42 Å². The molecule has 1 amide bonds. The number of benzene rings is 1. The highest BCUT2D eigenvalue weighted by Crippen LogP contribution is 2.26. The fourth-order valence-corrected chi connectivity index (χ4v) is 5.11. The van der Waals surface area contributed by atoms with E-state index in [4.69, 9.17) is 9.47 Å². The highest BCUT2D eigenvalue weighted by Gasteiger charge is 2.32. The molecule has 8 heteroatoms. The molecule has 1 aromatic carbocycles. The van der Waals surface area contributed by atoms with E-state index in [0.717, 1.165) is 16.7 Å². The average molecular weight is 384 g/mol. The lowest BCUT2D eigenvalue weighted by Crippen LogP contribution is -2.51. The molecule has 0 N–H and O–H groups in total. The van der Waals surface area contributed by atoms with Crippen LogP contribution in [0.2, 0.25) is 0 Å². The van der Waals surface area contributed by atoms with E-state index in [2.05, 4.69) is 0 Å². The second-order valence-corrected chi connectivity index (χ2v) is 8.43. The standard InChI is InChI=1S/C18H28N2O5S/c1-14-11-15(2)18(16(3)12-14)26(22,23)20-7-5-19(6-8-20)17(21)13-25-10-9-24-4/h11-12H,5-10,13H2,1-4H3. The highest BCUT2D eigenvalue weighted by molar-refractivity contribution is 7.89. The summed E-state index contributed by atoms with van der Waals surface area (Å²) in [5.41, 5.74) is 2.56. The summed E-state index contributed by atoms with van der Waals surface area (Å²) in [6.45, 7) is 7.72. The molecule has 26 heavy (non-hydrogen) atoms. The molecule has 0 aromatic heterocycles. The van der Waals surface area contributed by atoms with Gasteiger partial charge in [-0.3, -0.25) is 4.79 Å². The SMILES string of the molecule is COCCOCC(=O)N1CCN(S(=O)(=O)c2c(C)cc(C)cc2C)CC1. The molecule has 0 aliphatic carbocycles. The Labute approximate surface area is 155 Å². The van der Waals surface area contributed by atoms with Gasteiger partial charge in [-0.15, -0.1) is 0 Å². The van der Waals surface area contributed by atoms with Crippen LogP contribution in [0.3, 0.4) is 0 Å². The van der Waals surface area contributed by atoms with Gasteiger partial charge in [0.1, 0.15) is 6.61 Å². The molecule has 0 bridgehead atoms. The van der Waals surface area contributed by atoms with E-state index in [-0.39, 0.29) is 12.5 Å². The molecule has 1 aliphatic rings. The highest BCUT2D eigenvalue weighted by atomic mass is 32.2. The fourth-order valence-electron chi connectivity index (χ4n) is 3.27. The van der Waals surface area contributed by atoms with Crippen molar-refractivity contribution in [2.75, 3.05) is 53.1 Å². The third-order valence-electron chi connectivity index (χ3n) is 4.45. The summed E-state index contributed by atoms with van der Waals surface area (Å²) in [4.78, 5) is 14.2. The molecule has 0 spiro atoms. The third-order valence-corrected chi connectivity index (χ3v) is 6.66. The third kappa shape index (κ3) is 4.82. The molecule has 0 saturated carbocycles. The van der Waals surface area contributed by atoms with Crippen molar-refractivity contribution in [3.8, 4) is 0 Å². The number of carbonyl (C=O) groups excluding carboxylic acids is 1. The largest absolute Gasteiger partial charge is 0.382 e. The molecule has 1 aromatic rings. The first-order valence-corrected chi connectivity index (χ1v) is 10.1. The van der Waals surface area contributed by atoms with Gasteiger partial charge in [0.05, 0.1) is 18.1 Å². The average Bonchev–Trinajstić information content (AvgIpc) is 2.57. The van der Waals surface area contributed by atoms with Gasteiger partial charge in [-0.2, -0.15) is 4.31 Å². The number of carbonyl (C=O) groups is 1. The van der Waals surface area contributed by atoms with Crippen LogP contribution in [-0.2, 0) is 24.3 Å². The number of amides is 1. The molecule has 2 rings (SSSR count). The number of hydrogen-bond acceptors (Lipinski definition) is 5. The molecule has 0 radical (unpaired) electrons. The second kappa shape index (κ2) is 8.94. The second-order valence-electron chi connectivity index (χ2n) is 6.56. The van der Waals surface area contributed by atoms with Crippen LogP contribution in [0.5, 0.6) is 0 Å². The Kier molecular flexibility index (Phi) is 7.16. The van der Waals surface area contributed by atoms with Crippen molar-refractivity contribution in [3.63, 3.8) is 0 Å². The van der Waals surface area contributed by atoms with Gasteiger partial charge in [0.25, 0.3) is 0 Å². The zero-order valence-electron chi connectivity index (χ0n) is 15.9. The fraction of sp³-hybridized carbons (Fsp3) is 0.611. The molecule has 0 atom stereocenters. The summed E-state index contributed by atoms with van der Waals surface area (Å²) in [5, 5.41) is 0. The van der Waals surface area contributed by atoms with Crippen molar-refractivity contribution in [1.82, 2.24) is 9.21 Å². The van der Waals surface area contributed by atoms with Gasteiger partial charge < -0.3 is 14.4 Å². The summed E-state index contributed by atoms with van der Waals surface area (Å²) < 4.78 is 37.7. The van der Waals surface area contributed by atoms with E-state index in [1.165, 1.54) is 4.31 Å². The Bertz CT molecular complexity index is 717. The monoisotopic (exact) mass is 384 g/mol. The number of ether oxygens (including phenoxy) is 2. The van der Waals surface area contributed by atoms with Crippen molar-refractivity contribution in [2.45, 2.75) is 25.7 Å². The van der Waals surface area contributed by atoms with Gasteiger partial charge in [0.15, 0.2) is 0 Å². The first kappa shape index (κ1) is 20.8. The van der Waals surface area contributed by atoms with E-state index < -0.39 is 10.0 Å². The summed E-state index contributed by atoms with van der Waals surface area (Å²) in [5.74, 6) is -0.124. The minimum atomic E-state index is -3.57. The van der Waals surface area contributed by atoms with Gasteiger partial charge in [-0.1, -0.05) is 17.7 Å². The summed E-state index contributed by atoms with van der Waals surface area (Å²) in [7, 11) is -1.99. The van der Waals surface area contributed by atoms with Crippen LogP contribution in [0.15, 0.2) is 17.0 Å². The number of rotatable bonds is 7. The lowest BCUT2D eigenvalue weighted by Gasteiger charge is -2.34. The maximum Gasteiger partial charge on any atom is 0.248 e. The molecule has 1 saturated heterocycles. The number of aryl methyl sites for hydroxylation is 3. The molecule has 0 unspecified atom stereocenters. The maximum absolute atomic E-state index is 13.0. The lowest BCUT2D eigenvalue weighted by molar-refractivity contribution is -0.137. The van der Waals surface area contributed by atoms with Crippen LogP contribution in [-0.4, -0.2) is 76.6 Å². The van der Waals surface area contributed by atoms with Gasteiger partial charge in [-0.05, 0) is 31.9 Å². The van der Waals surface area contributed by atoms with Gasteiger partial charge in [0, 0.05) is 33.3 Å². The van der Waals surface area contributed by atoms with Crippen LogP contribution in [0.4, 0.5) is 0 Å². The van der Waals surface area contributed by atoms with Crippen molar-refractivity contribution in [3.05, 3.63) is 28.8 Å². The minimum Gasteiger partial charge on any atom is -0.382 e. The Morgan fingerprint density at radius 1 is 1.04 bits per heavy atom. The van der Waals surface area contributed by atoms with Gasteiger partial charge >= 0.3 is 0 Å². The number of methoxy groups -OCH3 is 1. The summed E-state index contributed by atoms with van der Waals surface area (Å²) in [6.07, 6.45) is 0. The molecule has 7 nitrogen and oxygen atoms in total. The van der Waals surface area contributed by atoms with Crippen molar-refractivity contribution in [1.29, 1.82) is 0 Å². The van der Waals surface area contributed by atoms with Crippen LogP contribution in [0.1, 0.15) is 16.7 Å². The molecule has 1 aliphatic heterocycles. The quantitative estimate of drug-likeness (QED) is 0.658. The Morgan fingerprint density at radius 3 is 2.15 bits per heavy atom. The number of piperazine rings is 1. The first-order valence-electron chi connectivity index (χ1n) is 8.70. The van der Waals surface area contributed by atoms with E-state index in [1.807, 2.05) is 32.9 Å². The number of sulfonamides is 1. The zero-order valence-corrected chi connectivity index (χ0v) is 16.8. The molecular formula is C18H28N2O5S. The topological polar surface area (TPSA) is 76.2 Å². The smallest absolute Gasteiger partial charge is 0.248 e. The van der Waals surface area contributed by atoms with Crippen molar-refractivity contribution >= 4 is 15.9 Å². The minimum absolute atomic E-state index is 0.00765. The number of nitrogens with zero attached hydrogens (tertiary/aromatic N) is 2. The summed E-state index contributed by atoms with van der Waals surface area (Å²) >= 11 is 0. The van der Waals surface area contributed by atoms with Crippen LogP contribution in [0.25, 0.3) is 0 Å². The zero-order chi connectivity index (χ0) is 19.3. The van der Waals surface area contributed by atoms with Crippen LogP contribution >= 0.6 is 0 Å². The van der Waals surface area contributed by atoms with E-state index in [9.17, 15) is 13.2 Å². The van der Waals surface area contributed by atoms with Crippen LogP contribution < -0.4 is 0 Å². The van der Waals surface area contributed by atoms with Crippen molar-refractivity contribution < 1.29 is 22.7 Å². The Balaban J connectivity index is 2.00. The van der Waals surface area contributed by atoms with E-state index in [0.29, 0.717) is 44.3 Å². The first-order chi connectivity index (χ1) is 12.3. The molecule has 146 valence electrons. The van der Waals surface area contributed by atoms with E-state index in [1.54, 1.807) is 12.0 Å². The van der Waals surface area contributed by atoms with Gasteiger partial charge in [0.2, 0.25) is 15.9 Å².